The first-order valence-electron chi connectivity index (χ1n) is 11.0. The number of aryl methyl sites for hydroxylation is 1. The van der Waals surface area contributed by atoms with Crippen molar-refractivity contribution < 1.29 is 14.1 Å². The van der Waals surface area contributed by atoms with E-state index < -0.39 is 0 Å². The van der Waals surface area contributed by atoms with E-state index in [1.165, 1.54) is 11.3 Å². The Balaban J connectivity index is 1.44. The number of carbonyl (C=O) groups excluding carboxylic acids is 1. The third-order valence-corrected chi connectivity index (χ3v) is 6.24. The van der Waals surface area contributed by atoms with E-state index >= 15 is 0 Å². The largest absolute Gasteiger partial charge is 0.465 e. The molecule has 0 saturated carbocycles. The molecule has 0 radical (unpaired) electrons. The highest BCUT2D eigenvalue weighted by Crippen LogP contribution is 2.38. The molecule has 0 saturated heterocycles. The maximum atomic E-state index is 11.8. The van der Waals surface area contributed by atoms with Crippen LogP contribution in [0.3, 0.4) is 0 Å². The number of benzene rings is 1. The van der Waals surface area contributed by atoms with E-state index in [9.17, 15) is 4.79 Å². The van der Waals surface area contributed by atoms with Crippen LogP contribution in [0.4, 0.5) is 0 Å². The molecule has 0 bridgehead atoms. The molecule has 5 rings (SSSR count). The van der Waals surface area contributed by atoms with Crippen molar-refractivity contribution in [2.24, 2.45) is 12.5 Å². The van der Waals surface area contributed by atoms with Gasteiger partial charge in [-0.2, -0.15) is 10.1 Å². The summed E-state index contributed by atoms with van der Waals surface area (Å²) in [4.78, 5) is 16.5. The Bertz CT molecular complexity index is 1310. The number of hydrogen-bond donors (Lipinski definition) is 0. The highest BCUT2D eigenvalue weighted by atomic mass is 16.5. The Morgan fingerprint density at radius 1 is 1.28 bits per heavy atom. The third-order valence-electron chi connectivity index (χ3n) is 6.24. The van der Waals surface area contributed by atoms with Crippen molar-refractivity contribution in [2.75, 3.05) is 6.61 Å². The van der Waals surface area contributed by atoms with Crippen molar-refractivity contribution in [3.63, 3.8) is 0 Å². The van der Waals surface area contributed by atoms with Crippen LogP contribution in [0.2, 0.25) is 0 Å². The van der Waals surface area contributed by atoms with Crippen molar-refractivity contribution in [3.8, 4) is 23.0 Å². The second-order valence-corrected chi connectivity index (χ2v) is 9.18. The molecule has 3 aromatic heterocycles. The number of fused-ring (bicyclic) bond motifs is 2. The van der Waals surface area contributed by atoms with Crippen LogP contribution in [0.1, 0.15) is 38.4 Å². The van der Waals surface area contributed by atoms with E-state index in [0.717, 1.165) is 41.4 Å². The lowest BCUT2D eigenvalue weighted by Gasteiger charge is -2.29. The molecule has 0 unspecified atom stereocenters. The Morgan fingerprint density at radius 2 is 2.12 bits per heavy atom. The standard InChI is InChI=1S/C24H27N5O3/c1-5-31-20(30)14-29-11-9-15-12-16(6-7-18(15)29)22-25-23(32-27-22)21-17-8-10-24(2,3)13-19(17)28(4)26-21/h6-7,9,11-12H,5,8,10,13-14H2,1-4H3. The molecular weight excluding hydrogens is 406 g/mol. The number of rotatable bonds is 5. The first kappa shape index (κ1) is 20.5. The highest BCUT2D eigenvalue weighted by Gasteiger charge is 2.32. The third kappa shape index (κ3) is 3.59. The van der Waals surface area contributed by atoms with Crippen LogP contribution in [-0.2, 0) is 36.0 Å². The van der Waals surface area contributed by atoms with Gasteiger partial charge in [-0.25, -0.2) is 0 Å². The van der Waals surface area contributed by atoms with E-state index in [1.807, 2.05) is 46.8 Å². The summed E-state index contributed by atoms with van der Waals surface area (Å²) in [6.45, 7) is 6.95. The average molecular weight is 434 g/mol. The second kappa shape index (κ2) is 7.62. The topological polar surface area (TPSA) is 88.0 Å². The fourth-order valence-electron chi connectivity index (χ4n) is 4.52. The maximum absolute atomic E-state index is 11.8. The van der Waals surface area contributed by atoms with Gasteiger partial charge in [0.05, 0.1) is 6.61 Å². The van der Waals surface area contributed by atoms with Gasteiger partial charge in [-0.15, -0.1) is 0 Å². The van der Waals surface area contributed by atoms with E-state index in [4.69, 9.17) is 14.4 Å². The van der Waals surface area contributed by atoms with Gasteiger partial charge in [0.2, 0.25) is 5.82 Å². The van der Waals surface area contributed by atoms with Gasteiger partial charge in [0.1, 0.15) is 6.54 Å². The van der Waals surface area contributed by atoms with Gasteiger partial charge in [-0.1, -0.05) is 19.0 Å². The van der Waals surface area contributed by atoms with Crippen molar-refractivity contribution in [2.45, 2.75) is 46.6 Å². The minimum atomic E-state index is -0.251. The summed E-state index contributed by atoms with van der Waals surface area (Å²) < 4.78 is 14.5. The first-order chi connectivity index (χ1) is 15.3. The van der Waals surface area contributed by atoms with Crippen LogP contribution in [0, 0.1) is 5.41 Å². The summed E-state index contributed by atoms with van der Waals surface area (Å²) in [5.74, 6) is 0.728. The normalized spacial score (nSPS) is 15.1. The summed E-state index contributed by atoms with van der Waals surface area (Å²) in [6, 6.07) is 7.87. The van der Waals surface area contributed by atoms with Gasteiger partial charge in [0, 0.05) is 41.0 Å². The molecule has 0 spiro atoms. The van der Waals surface area contributed by atoms with E-state index in [0.29, 0.717) is 18.3 Å². The summed E-state index contributed by atoms with van der Waals surface area (Å²) in [5.41, 5.74) is 5.34. The lowest BCUT2D eigenvalue weighted by Crippen LogP contribution is -2.23. The zero-order chi connectivity index (χ0) is 22.5. The molecule has 0 atom stereocenters. The maximum Gasteiger partial charge on any atom is 0.325 e. The van der Waals surface area contributed by atoms with Crippen molar-refractivity contribution in [3.05, 3.63) is 41.7 Å². The number of nitrogens with zero attached hydrogens (tertiary/aromatic N) is 5. The van der Waals surface area contributed by atoms with Crippen LogP contribution >= 0.6 is 0 Å². The zero-order valence-electron chi connectivity index (χ0n) is 18.9. The van der Waals surface area contributed by atoms with Crippen molar-refractivity contribution in [1.29, 1.82) is 0 Å². The van der Waals surface area contributed by atoms with Crippen LogP contribution in [0.5, 0.6) is 0 Å². The number of ether oxygens (including phenoxy) is 1. The van der Waals surface area contributed by atoms with Crippen LogP contribution in [0.15, 0.2) is 35.0 Å². The van der Waals surface area contributed by atoms with Gasteiger partial charge in [-0.3, -0.25) is 9.48 Å². The molecule has 0 fully saturated rings. The molecule has 3 heterocycles. The summed E-state index contributed by atoms with van der Waals surface area (Å²) in [5, 5.41) is 9.92. The predicted octanol–water partition coefficient (Wildman–Crippen LogP) is 4.17. The minimum absolute atomic E-state index is 0.185. The Labute approximate surface area is 186 Å². The summed E-state index contributed by atoms with van der Waals surface area (Å²) >= 11 is 0. The molecule has 0 N–H and O–H groups in total. The Kier molecular flexibility index (Phi) is 4.87. The molecule has 4 aromatic rings. The lowest BCUT2D eigenvalue weighted by atomic mass is 9.76. The van der Waals surface area contributed by atoms with Gasteiger partial charge in [0.25, 0.3) is 5.89 Å². The molecule has 8 heteroatoms. The Morgan fingerprint density at radius 3 is 2.94 bits per heavy atom. The number of carbonyl (C=O) groups is 1. The van der Waals surface area contributed by atoms with Crippen molar-refractivity contribution in [1.82, 2.24) is 24.5 Å². The SMILES string of the molecule is CCOC(=O)Cn1ccc2cc(-c3noc(-c4nn(C)c5c4CCC(C)(C)C5)n3)ccc21. The average Bonchev–Trinajstić information content (AvgIpc) is 3.46. The van der Waals surface area contributed by atoms with Gasteiger partial charge in [-0.05, 0) is 55.9 Å². The van der Waals surface area contributed by atoms with Gasteiger partial charge >= 0.3 is 5.97 Å². The zero-order valence-corrected chi connectivity index (χ0v) is 18.9. The smallest absolute Gasteiger partial charge is 0.325 e. The monoisotopic (exact) mass is 433 g/mol. The Hall–Kier alpha value is -3.42. The second-order valence-electron chi connectivity index (χ2n) is 9.18. The van der Waals surface area contributed by atoms with Crippen LogP contribution in [-0.4, -0.2) is 37.1 Å². The van der Waals surface area contributed by atoms with E-state index in [1.54, 1.807) is 6.92 Å². The molecular formula is C24H27N5O3. The lowest BCUT2D eigenvalue weighted by molar-refractivity contribution is -0.143. The predicted molar refractivity (Wildman–Crippen MR) is 120 cm³/mol. The first-order valence-corrected chi connectivity index (χ1v) is 11.0. The van der Waals surface area contributed by atoms with Crippen molar-refractivity contribution >= 4 is 16.9 Å². The van der Waals surface area contributed by atoms with Gasteiger partial charge < -0.3 is 13.8 Å². The quantitative estimate of drug-likeness (QED) is 0.439. The minimum Gasteiger partial charge on any atom is -0.465 e. The van der Waals surface area contributed by atoms with Crippen LogP contribution < -0.4 is 0 Å². The summed E-state index contributed by atoms with van der Waals surface area (Å²) in [6.07, 6.45) is 4.95. The number of hydrogen-bond acceptors (Lipinski definition) is 6. The molecule has 32 heavy (non-hydrogen) atoms. The summed E-state index contributed by atoms with van der Waals surface area (Å²) in [7, 11) is 1.98. The highest BCUT2D eigenvalue weighted by molar-refractivity contribution is 5.86. The van der Waals surface area contributed by atoms with Crippen LogP contribution in [0.25, 0.3) is 33.9 Å². The van der Waals surface area contributed by atoms with E-state index in [2.05, 4.69) is 24.0 Å². The number of aromatic nitrogens is 5. The molecule has 1 aliphatic rings. The number of esters is 1. The van der Waals surface area contributed by atoms with E-state index in [-0.39, 0.29) is 17.9 Å². The fourth-order valence-corrected chi connectivity index (χ4v) is 4.52. The molecule has 0 aliphatic heterocycles. The molecule has 1 aliphatic carbocycles. The molecule has 166 valence electrons. The van der Waals surface area contributed by atoms with Gasteiger partial charge in [0.15, 0.2) is 5.69 Å². The molecule has 1 aromatic carbocycles. The molecule has 0 amide bonds. The fraction of sp³-hybridized carbons (Fsp3) is 0.417. The molecule has 8 nitrogen and oxygen atoms in total.